The fourth-order valence-corrected chi connectivity index (χ4v) is 4.04. The van der Waals surface area contributed by atoms with Crippen LogP contribution in [0, 0.1) is 12.7 Å². The summed E-state index contributed by atoms with van der Waals surface area (Å²) in [6.45, 7) is 7.54. The van der Waals surface area contributed by atoms with E-state index in [9.17, 15) is 9.18 Å². The molecule has 1 saturated heterocycles. The molecular weight excluding hydrogens is 371 g/mol. The van der Waals surface area contributed by atoms with E-state index in [1.165, 1.54) is 6.20 Å². The highest BCUT2D eigenvalue weighted by Gasteiger charge is 2.29. The van der Waals surface area contributed by atoms with Crippen molar-refractivity contribution in [3.05, 3.63) is 59.9 Å². The summed E-state index contributed by atoms with van der Waals surface area (Å²) in [5.41, 5.74) is 2.38. The number of aryl methyl sites for hydroxylation is 1. The minimum Gasteiger partial charge on any atom is -0.461 e. The van der Waals surface area contributed by atoms with Gasteiger partial charge in [-0.25, -0.2) is 9.18 Å². The quantitative estimate of drug-likeness (QED) is 0.719. The highest BCUT2D eigenvalue weighted by molar-refractivity contribution is 5.83. The Labute approximate surface area is 169 Å². The molecule has 3 heterocycles. The molecule has 0 saturated carbocycles. The lowest BCUT2D eigenvalue weighted by Gasteiger charge is -2.41. The Kier molecular flexibility index (Phi) is 5.13. The number of halogens is 1. The summed E-state index contributed by atoms with van der Waals surface area (Å²) in [5.74, 6) is 0.508. The average molecular weight is 396 g/mol. The molecule has 29 heavy (non-hydrogen) atoms. The Balaban J connectivity index is 1.44. The van der Waals surface area contributed by atoms with Gasteiger partial charge in [0.2, 0.25) is 0 Å². The van der Waals surface area contributed by atoms with Crippen LogP contribution in [0.25, 0.3) is 11.0 Å². The van der Waals surface area contributed by atoms with Crippen molar-refractivity contribution >= 4 is 22.7 Å². The summed E-state index contributed by atoms with van der Waals surface area (Å²) < 4.78 is 19.7. The number of aromatic nitrogens is 1. The third-order valence-electron chi connectivity index (χ3n) is 5.50. The van der Waals surface area contributed by atoms with Crippen LogP contribution in [-0.4, -0.2) is 41.6 Å². The zero-order valence-corrected chi connectivity index (χ0v) is 16.9. The van der Waals surface area contributed by atoms with Gasteiger partial charge in [0.25, 0.3) is 0 Å². The van der Waals surface area contributed by atoms with Crippen molar-refractivity contribution < 1.29 is 13.6 Å². The van der Waals surface area contributed by atoms with Gasteiger partial charge in [-0.15, -0.1) is 0 Å². The van der Waals surface area contributed by atoms with E-state index in [2.05, 4.69) is 10.3 Å². The molecule has 0 unspecified atom stereocenters. The SMILES string of the molecule is Cc1cc2c([C@@H](C)NC(=O)N3CCN(c4ccncc4F)C[C@H]3C)cccc2o1. The van der Waals surface area contributed by atoms with Gasteiger partial charge in [0.1, 0.15) is 11.3 Å². The molecule has 1 aliphatic rings. The molecule has 4 rings (SSSR count). The van der Waals surface area contributed by atoms with E-state index in [1.807, 2.05) is 54.8 Å². The van der Waals surface area contributed by atoms with Crippen molar-refractivity contribution in [2.45, 2.75) is 32.9 Å². The number of pyridine rings is 1. The van der Waals surface area contributed by atoms with Gasteiger partial charge in [-0.1, -0.05) is 12.1 Å². The number of benzene rings is 1. The summed E-state index contributed by atoms with van der Waals surface area (Å²) in [4.78, 5) is 20.5. The Bertz CT molecular complexity index is 1030. The number of anilines is 1. The van der Waals surface area contributed by atoms with Gasteiger partial charge < -0.3 is 19.5 Å². The molecule has 6 nitrogen and oxygen atoms in total. The largest absolute Gasteiger partial charge is 0.461 e. The number of amides is 2. The van der Waals surface area contributed by atoms with Crippen LogP contribution in [0.15, 0.2) is 47.1 Å². The van der Waals surface area contributed by atoms with Gasteiger partial charge in [-0.05, 0) is 44.5 Å². The fraction of sp³-hybridized carbons (Fsp3) is 0.364. The number of urea groups is 1. The maximum absolute atomic E-state index is 14.0. The average Bonchev–Trinajstić information content (AvgIpc) is 3.08. The molecule has 2 atom stereocenters. The van der Waals surface area contributed by atoms with Crippen molar-refractivity contribution in [3.8, 4) is 0 Å². The molecule has 3 aromatic rings. The van der Waals surface area contributed by atoms with E-state index in [0.717, 1.165) is 22.3 Å². The molecule has 0 radical (unpaired) electrons. The topological polar surface area (TPSA) is 61.6 Å². The van der Waals surface area contributed by atoms with Gasteiger partial charge in [0.05, 0.1) is 17.9 Å². The molecule has 1 fully saturated rings. The fourth-order valence-electron chi connectivity index (χ4n) is 4.04. The van der Waals surface area contributed by atoms with Crippen molar-refractivity contribution in [2.75, 3.05) is 24.5 Å². The van der Waals surface area contributed by atoms with Crippen LogP contribution < -0.4 is 10.2 Å². The number of rotatable bonds is 3. The minimum atomic E-state index is -0.338. The third-order valence-corrected chi connectivity index (χ3v) is 5.50. The predicted octanol–water partition coefficient (Wildman–Crippen LogP) is 4.26. The molecular formula is C22H25FN4O2. The molecule has 1 aliphatic heterocycles. The first kappa shape index (κ1) is 19.2. The standard InChI is InChI=1S/C22H25FN4O2/c1-14-13-26(20-7-8-24-12-19(20)23)9-10-27(14)22(28)25-16(3)17-5-4-6-21-18(17)11-15(2)29-21/h4-8,11-12,14,16H,9-10,13H2,1-3H3,(H,25,28)/t14-,16-/m1/s1. The summed E-state index contributed by atoms with van der Waals surface area (Å²) >= 11 is 0. The first-order chi connectivity index (χ1) is 13.9. The van der Waals surface area contributed by atoms with Crippen LogP contribution in [-0.2, 0) is 0 Å². The van der Waals surface area contributed by atoms with E-state index in [-0.39, 0.29) is 23.9 Å². The van der Waals surface area contributed by atoms with Crippen LogP contribution >= 0.6 is 0 Å². The monoisotopic (exact) mass is 396 g/mol. The highest BCUT2D eigenvalue weighted by atomic mass is 19.1. The van der Waals surface area contributed by atoms with Gasteiger partial charge >= 0.3 is 6.03 Å². The number of carbonyl (C=O) groups is 1. The first-order valence-electron chi connectivity index (χ1n) is 9.84. The molecule has 2 aromatic heterocycles. The highest BCUT2D eigenvalue weighted by Crippen LogP contribution is 2.27. The molecule has 7 heteroatoms. The Morgan fingerprint density at radius 2 is 2.17 bits per heavy atom. The number of carbonyl (C=O) groups excluding carboxylic acids is 1. The van der Waals surface area contributed by atoms with Gasteiger partial charge in [0, 0.05) is 37.3 Å². The zero-order valence-electron chi connectivity index (χ0n) is 16.9. The summed E-state index contributed by atoms with van der Waals surface area (Å²) in [7, 11) is 0. The summed E-state index contributed by atoms with van der Waals surface area (Å²) in [6.07, 6.45) is 2.81. The number of fused-ring (bicyclic) bond motifs is 1. The molecule has 2 amide bonds. The van der Waals surface area contributed by atoms with Crippen LogP contribution in [0.2, 0.25) is 0 Å². The molecule has 0 spiro atoms. The molecule has 152 valence electrons. The normalized spacial score (nSPS) is 18.1. The lowest BCUT2D eigenvalue weighted by Crippen LogP contribution is -2.57. The van der Waals surface area contributed by atoms with Crippen molar-refractivity contribution in [1.82, 2.24) is 15.2 Å². The number of nitrogens with zero attached hydrogens (tertiary/aromatic N) is 3. The first-order valence-corrected chi connectivity index (χ1v) is 9.84. The Morgan fingerprint density at radius 3 is 2.93 bits per heavy atom. The Hall–Kier alpha value is -3.09. The van der Waals surface area contributed by atoms with E-state index in [1.54, 1.807) is 12.3 Å². The van der Waals surface area contributed by atoms with Crippen LogP contribution in [0.5, 0.6) is 0 Å². The summed E-state index contributed by atoms with van der Waals surface area (Å²) in [5, 5.41) is 4.12. The van der Waals surface area contributed by atoms with E-state index < -0.39 is 0 Å². The smallest absolute Gasteiger partial charge is 0.318 e. The van der Waals surface area contributed by atoms with Crippen molar-refractivity contribution in [2.24, 2.45) is 0 Å². The number of piperazine rings is 1. The summed E-state index contributed by atoms with van der Waals surface area (Å²) in [6, 6.07) is 9.23. The van der Waals surface area contributed by atoms with Crippen LogP contribution in [0.3, 0.4) is 0 Å². The van der Waals surface area contributed by atoms with Crippen LogP contribution in [0.1, 0.15) is 31.2 Å². The second kappa shape index (κ2) is 7.73. The molecule has 0 bridgehead atoms. The molecule has 1 aromatic carbocycles. The van der Waals surface area contributed by atoms with E-state index in [4.69, 9.17) is 4.42 Å². The number of hydrogen-bond donors (Lipinski definition) is 1. The van der Waals surface area contributed by atoms with Gasteiger partial charge in [-0.2, -0.15) is 0 Å². The lowest BCUT2D eigenvalue weighted by molar-refractivity contribution is 0.168. The maximum Gasteiger partial charge on any atom is 0.318 e. The number of furan rings is 1. The third kappa shape index (κ3) is 3.77. The van der Waals surface area contributed by atoms with Crippen molar-refractivity contribution in [1.29, 1.82) is 0 Å². The van der Waals surface area contributed by atoms with Crippen molar-refractivity contribution in [3.63, 3.8) is 0 Å². The predicted molar refractivity (Wildman–Crippen MR) is 110 cm³/mol. The number of hydrogen-bond acceptors (Lipinski definition) is 4. The van der Waals surface area contributed by atoms with Crippen LogP contribution in [0.4, 0.5) is 14.9 Å². The lowest BCUT2D eigenvalue weighted by atomic mass is 10.0. The maximum atomic E-state index is 14.0. The van der Waals surface area contributed by atoms with Gasteiger partial charge in [-0.3, -0.25) is 4.98 Å². The molecule has 1 N–H and O–H groups in total. The van der Waals surface area contributed by atoms with E-state index in [0.29, 0.717) is 25.3 Å². The number of nitrogens with one attached hydrogen (secondary N) is 1. The zero-order chi connectivity index (χ0) is 20.5. The van der Waals surface area contributed by atoms with E-state index >= 15 is 0 Å². The molecule has 0 aliphatic carbocycles. The second-order valence-corrected chi connectivity index (χ2v) is 7.60. The second-order valence-electron chi connectivity index (χ2n) is 7.60. The Morgan fingerprint density at radius 1 is 1.34 bits per heavy atom. The van der Waals surface area contributed by atoms with Gasteiger partial charge in [0.15, 0.2) is 5.82 Å². The minimum absolute atomic E-state index is 0.0459.